The van der Waals surface area contributed by atoms with Crippen LogP contribution in [0.1, 0.15) is 36.3 Å². The highest BCUT2D eigenvalue weighted by molar-refractivity contribution is 5.98. The minimum Gasteiger partial charge on any atom is -0.294 e. The fraction of sp³-hybridized carbons (Fsp3) is 0.312. The number of Topliss-reactive ketones (excluding diaryl/α,β-unsaturated/α-hetero) is 1. The summed E-state index contributed by atoms with van der Waals surface area (Å²) in [5.74, 6) is -1.52. The molecule has 0 amide bonds. The molecule has 1 heterocycles. The molecule has 0 N–H and O–H groups in total. The van der Waals surface area contributed by atoms with Gasteiger partial charge in [0.25, 0.3) is 0 Å². The molecule has 0 unspecified atom stereocenters. The minimum absolute atomic E-state index is 0.0260. The average Bonchev–Trinajstić information content (AvgIpc) is 2.40. The molecule has 0 fully saturated rings. The van der Waals surface area contributed by atoms with Crippen LogP contribution in [0.5, 0.6) is 0 Å². The van der Waals surface area contributed by atoms with E-state index in [-0.39, 0.29) is 11.2 Å². The van der Waals surface area contributed by atoms with Gasteiger partial charge < -0.3 is 0 Å². The maximum Gasteiger partial charge on any atom is 0.166 e. The van der Waals surface area contributed by atoms with E-state index >= 15 is 0 Å². The molecule has 1 aliphatic rings. The molecular formula is C16H14F2N2O. The zero-order chi connectivity index (χ0) is 15.2. The first-order chi connectivity index (χ1) is 9.85. The van der Waals surface area contributed by atoms with Crippen molar-refractivity contribution in [2.45, 2.75) is 26.7 Å². The lowest BCUT2D eigenvalue weighted by Crippen LogP contribution is -2.28. The van der Waals surface area contributed by atoms with E-state index in [4.69, 9.17) is 0 Å². The second kappa shape index (κ2) is 4.69. The third-order valence-electron chi connectivity index (χ3n) is 3.63. The number of hydrogen-bond donors (Lipinski definition) is 0. The molecule has 3 rings (SSSR count). The molecule has 0 bridgehead atoms. The van der Waals surface area contributed by atoms with Crippen LogP contribution in [0.4, 0.5) is 8.78 Å². The smallest absolute Gasteiger partial charge is 0.166 e. The van der Waals surface area contributed by atoms with Gasteiger partial charge in [-0.15, -0.1) is 0 Å². The topological polar surface area (TPSA) is 42.9 Å². The van der Waals surface area contributed by atoms with E-state index in [0.717, 1.165) is 12.1 Å². The number of aromatic nitrogens is 2. The summed E-state index contributed by atoms with van der Waals surface area (Å²) in [5, 5.41) is 0. The maximum atomic E-state index is 13.3. The number of benzene rings is 1. The lowest BCUT2D eigenvalue weighted by atomic mass is 9.76. The van der Waals surface area contributed by atoms with Crippen LogP contribution in [0.3, 0.4) is 0 Å². The van der Waals surface area contributed by atoms with E-state index in [1.54, 1.807) is 0 Å². The minimum atomic E-state index is -0.940. The molecule has 0 aliphatic heterocycles. The van der Waals surface area contributed by atoms with Crippen molar-refractivity contribution in [3.8, 4) is 11.4 Å². The number of rotatable bonds is 1. The third-order valence-corrected chi connectivity index (χ3v) is 3.63. The van der Waals surface area contributed by atoms with Crippen molar-refractivity contribution in [3.63, 3.8) is 0 Å². The number of hydrogen-bond acceptors (Lipinski definition) is 3. The zero-order valence-electron chi connectivity index (χ0n) is 11.8. The molecule has 1 aromatic carbocycles. The lowest BCUT2D eigenvalue weighted by Gasteiger charge is -2.29. The number of halogens is 2. The molecule has 0 atom stereocenters. The Kier molecular flexibility index (Phi) is 3.08. The van der Waals surface area contributed by atoms with Gasteiger partial charge in [-0.3, -0.25) is 4.79 Å². The van der Waals surface area contributed by atoms with Crippen LogP contribution < -0.4 is 0 Å². The molecular weight excluding hydrogens is 274 g/mol. The van der Waals surface area contributed by atoms with Gasteiger partial charge >= 0.3 is 0 Å². The highest BCUT2D eigenvalue weighted by Gasteiger charge is 2.32. The van der Waals surface area contributed by atoms with Gasteiger partial charge in [-0.1, -0.05) is 13.8 Å². The fourth-order valence-electron chi connectivity index (χ4n) is 2.60. The van der Waals surface area contributed by atoms with Crippen molar-refractivity contribution in [2.24, 2.45) is 5.41 Å². The summed E-state index contributed by atoms with van der Waals surface area (Å²) >= 11 is 0. The number of carbonyl (C=O) groups is 1. The third kappa shape index (κ3) is 2.55. The van der Waals surface area contributed by atoms with Crippen molar-refractivity contribution in [2.75, 3.05) is 0 Å². The van der Waals surface area contributed by atoms with Gasteiger partial charge in [0.1, 0.15) is 0 Å². The zero-order valence-corrected chi connectivity index (χ0v) is 11.8. The number of nitrogens with zero attached hydrogens (tertiary/aromatic N) is 2. The van der Waals surface area contributed by atoms with Gasteiger partial charge in [0.05, 0.1) is 11.3 Å². The Hall–Kier alpha value is -2.17. The largest absolute Gasteiger partial charge is 0.294 e. The maximum absolute atomic E-state index is 13.3. The summed E-state index contributed by atoms with van der Waals surface area (Å²) in [6.07, 6.45) is 2.61. The predicted molar refractivity (Wildman–Crippen MR) is 73.8 cm³/mol. The summed E-state index contributed by atoms with van der Waals surface area (Å²) < 4.78 is 26.3. The van der Waals surface area contributed by atoms with Crippen molar-refractivity contribution in [3.05, 3.63) is 47.3 Å². The van der Waals surface area contributed by atoms with E-state index in [9.17, 15) is 13.6 Å². The van der Waals surface area contributed by atoms with Crippen molar-refractivity contribution in [1.82, 2.24) is 9.97 Å². The quantitative estimate of drug-likeness (QED) is 0.805. The molecule has 3 nitrogen and oxygen atoms in total. The van der Waals surface area contributed by atoms with Crippen LogP contribution >= 0.6 is 0 Å². The second-order valence-electron chi connectivity index (χ2n) is 6.12. The number of carbonyl (C=O) groups excluding carboxylic acids is 1. The summed E-state index contributed by atoms with van der Waals surface area (Å²) in [4.78, 5) is 20.5. The predicted octanol–water partition coefficient (Wildman–Crippen LogP) is 3.58. The van der Waals surface area contributed by atoms with Crippen molar-refractivity contribution >= 4 is 5.78 Å². The molecule has 21 heavy (non-hydrogen) atoms. The van der Waals surface area contributed by atoms with Crippen LogP contribution in [-0.2, 0) is 6.42 Å². The van der Waals surface area contributed by atoms with E-state index < -0.39 is 11.6 Å². The molecule has 0 saturated carbocycles. The van der Waals surface area contributed by atoms with Crippen LogP contribution in [0.2, 0.25) is 0 Å². The first-order valence-electron chi connectivity index (χ1n) is 6.70. The van der Waals surface area contributed by atoms with Gasteiger partial charge in [0.2, 0.25) is 0 Å². The Morgan fingerprint density at radius 2 is 1.90 bits per heavy atom. The van der Waals surface area contributed by atoms with Crippen molar-refractivity contribution in [1.29, 1.82) is 0 Å². The van der Waals surface area contributed by atoms with Crippen LogP contribution in [-0.4, -0.2) is 15.8 Å². The molecule has 0 saturated heterocycles. The highest BCUT2D eigenvalue weighted by atomic mass is 19.2. The van der Waals surface area contributed by atoms with E-state index in [0.29, 0.717) is 35.5 Å². The molecule has 5 heteroatoms. The average molecular weight is 288 g/mol. The van der Waals surface area contributed by atoms with E-state index in [1.165, 1.54) is 12.3 Å². The Labute approximate surface area is 121 Å². The summed E-state index contributed by atoms with van der Waals surface area (Å²) in [7, 11) is 0. The van der Waals surface area contributed by atoms with Crippen LogP contribution in [0.25, 0.3) is 11.4 Å². The number of fused-ring (bicyclic) bond motifs is 1. The SMILES string of the molecule is CC1(C)CC(=O)c2cnc(-c3ccc(F)c(F)c3)nc2C1. The Morgan fingerprint density at radius 3 is 2.62 bits per heavy atom. The first-order valence-corrected chi connectivity index (χ1v) is 6.70. The first kappa shape index (κ1) is 13.8. The van der Waals surface area contributed by atoms with Crippen LogP contribution in [0.15, 0.2) is 24.4 Å². The molecule has 0 radical (unpaired) electrons. The molecule has 0 spiro atoms. The highest BCUT2D eigenvalue weighted by Crippen LogP contribution is 2.34. The summed E-state index contributed by atoms with van der Waals surface area (Å²) in [6.45, 7) is 4.01. The van der Waals surface area contributed by atoms with E-state index in [1.807, 2.05) is 13.8 Å². The normalized spacial score (nSPS) is 16.7. The molecule has 1 aromatic heterocycles. The molecule has 108 valence electrons. The molecule has 2 aromatic rings. The lowest BCUT2D eigenvalue weighted by molar-refractivity contribution is 0.0910. The summed E-state index contributed by atoms with van der Waals surface area (Å²) in [6, 6.07) is 3.53. The van der Waals surface area contributed by atoms with Gasteiger partial charge in [0, 0.05) is 18.2 Å². The van der Waals surface area contributed by atoms with E-state index in [2.05, 4.69) is 9.97 Å². The van der Waals surface area contributed by atoms with Crippen molar-refractivity contribution < 1.29 is 13.6 Å². The standard InChI is InChI=1S/C16H14F2N2O/c1-16(2)6-13-10(14(21)7-16)8-19-15(20-13)9-3-4-11(17)12(18)5-9/h3-5,8H,6-7H2,1-2H3. The van der Waals surface area contributed by atoms with Gasteiger partial charge in [0.15, 0.2) is 23.2 Å². The Bertz CT molecular complexity index is 741. The summed E-state index contributed by atoms with van der Waals surface area (Å²) in [5.41, 5.74) is 1.45. The monoisotopic (exact) mass is 288 g/mol. The second-order valence-corrected chi connectivity index (χ2v) is 6.12. The van der Waals surface area contributed by atoms with Gasteiger partial charge in [-0.2, -0.15) is 0 Å². The van der Waals surface area contributed by atoms with Crippen LogP contribution in [0, 0.1) is 17.0 Å². The number of ketones is 1. The van der Waals surface area contributed by atoms with Gasteiger partial charge in [-0.25, -0.2) is 18.7 Å². The fourth-order valence-corrected chi connectivity index (χ4v) is 2.60. The van der Waals surface area contributed by atoms with Gasteiger partial charge in [-0.05, 0) is 30.0 Å². The Balaban J connectivity index is 2.07. The molecule has 1 aliphatic carbocycles. The Morgan fingerprint density at radius 1 is 1.14 bits per heavy atom.